The molecule has 1 amide bonds. The van der Waals surface area contributed by atoms with Crippen LogP contribution in [0.25, 0.3) is 0 Å². The molecule has 1 aliphatic heterocycles. The smallest absolute Gasteiger partial charge is 0.254 e. The fraction of sp³-hybridized carbons (Fsp3) is 0.562. The molecule has 104 valence electrons. The van der Waals surface area contributed by atoms with Gasteiger partial charge < -0.3 is 10.0 Å². The van der Waals surface area contributed by atoms with Gasteiger partial charge in [0.05, 0.1) is 13.1 Å². The predicted molar refractivity (Wildman–Crippen MR) is 76.2 cm³/mol. The number of β-amino-alcohol motifs (C(OH)–C–C–N with tert-alkyl or cyclic N) is 1. The molecule has 3 heteroatoms. The van der Waals surface area contributed by atoms with Gasteiger partial charge in [0.25, 0.3) is 5.91 Å². The number of carbonyl (C=O) groups is 1. The summed E-state index contributed by atoms with van der Waals surface area (Å²) in [5.74, 6) is 0.666. The highest BCUT2D eigenvalue weighted by molar-refractivity contribution is 5.95. The minimum absolute atomic E-state index is 0.0145. The van der Waals surface area contributed by atoms with Gasteiger partial charge in [-0.1, -0.05) is 39.8 Å². The third kappa shape index (κ3) is 2.66. The van der Waals surface area contributed by atoms with Crippen LogP contribution >= 0.6 is 0 Å². The number of nitrogens with zero attached hydrogens (tertiary/aromatic N) is 1. The van der Waals surface area contributed by atoms with Gasteiger partial charge in [0.2, 0.25) is 0 Å². The molecule has 0 spiro atoms. The summed E-state index contributed by atoms with van der Waals surface area (Å²) in [5.41, 5.74) is 1.24. The molecule has 19 heavy (non-hydrogen) atoms. The van der Waals surface area contributed by atoms with E-state index in [9.17, 15) is 9.90 Å². The summed E-state index contributed by atoms with van der Waals surface area (Å²) in [6, 6.07) is 7.77. The molecule has 0 bridgehead atoms. The molecule has 1 aromatic rings. The number of likely N-dealkylation sites (tertiary alicyclic amines) is 1. The third-order valence-corrected chi connectivity index (χ3v) is 4.12. The molecule has 0 radical (unpaired) electrons. The van der Waals surface area contributed by atoms with Gasteiger partial charge in [-0.2, -0.15) is 0 Å². The first-order valence-corrected chi connectivity index (χ1v) is 6.95. The maximum Gasteiger partial charge on any atom is 0.254 e. The lowest BCUT2D eigenvalue weighted by molar-refractivity contribution is -0.110. The first-order chi connectivity index (χ1) is 8.83. The fourth-order valence-electron chi connectivity index (χ4n) is 2.32. The lowest BCUT2D eigenvalue weighted by atomic mass is 9.82. The largest absolute Gasteiger partial charge is 0.386 e. The first-order valence-electron chi connectivity index (χ1n) is 6.95. The molecule has 0 atom stereocenters. The Morgan fingerprint density at radius 3 is 2.11 bits per heavy atom. The van der Waals surface area contributed by atoms with Crippen molar-refractivity contribution in [1.29, 1.82) is 0 Å². The van der Waals surface area contributed by atoms with Crippen molar-refractivity contribution in [2.45, 2.75) is 39.2 Å². The molecule has 1 aromatic carbocycles. The monoisotopic (exact) mass is 261 g/mol. The lowest BCUT2D eigenvalue weighted by Crippen LogP contribution is -2.65. The SMILES string of the molecule is CC(C)c1ccc(C(=O)N2CC(O)(C(C)C)C2)cc1. The Hall–Kier alpha value is -1.35. The Labute approximate surface area is 115 Å². The number of carbonyl (C=O) groups excluding carboxylic acids is 1. The highest BCUT2D eigenvalue weighted by Gasteiger charge is 2.45. The van der Waals surface area contributed by atoms with Gasteiger partial charge in [0, 0.05) is 5.56 Å². The van der Waals surface area contributed by atoms with Crippen LogP contribution in [0.4, 0.5) is 0 Å². The van der Waals surface area contributed by atoms with E-state index in [1.807, 2.05) is 38.1 Å². The molecule has 0 aliphatic carbocycles. The average molecular weight is 261 g/mol. The van der Waals surface area contributed by atoms with Gasteiger partial charge in [0.1, 0.15) is 5.60 Å². The van der Waals surface area contributed by atoms with Crippen LogP contribution in [0.15, 0.2) is 24.3 Å². The zero-order chi connectivity index (χ0) is 14.2. The van der Waals surface area contributed by atoms with Gasteiger partial charge in [-0.15, -0.1) is 0 Å². The van der Waals surface area contributed by atoms with Crippen molar-refractivity contribution in [3.8, 4) is 0 Å². The first kappa shape index (κ1) is 14.1. The summed E-state index contributed by atoms with van der Waals surface area (Å²) in [5, 5.41) is 10.2. The summed E-state index contributed by atoms with van der Waals surface area (Å²) in [6.45, 7) is 9.12. The number of amides is 1. The van der Waals surface area contributed by atoms with Crippen molar-refractivity contribution in [3.63, 3.8) is 0 Å². The maximum atomic E-state index is 12.2. The minimum atomic E-state index is -0.701. The molecule has 1 N–H and O–H groups in total. The van der Waals surface area contributed by atoms with E-state index in [0.717, 1.165) is 0 Å². The van der Waals surface area contributed by atoms with E-state index in [2.05, 4.69) is 13.8 Å². The van der Waals surface area contributed by atoms with E-state index in [-0.39, 0.29) is 11.8 Å². The van der Waals surface area contributed by atoms with Gasteiger partial charge >= 0.3 is 0 Å². The van der Waals surface area contributed by atoms with E-state index in [4.69, 9.17) is 0 Å². The van der Waals surface area contributed by atoms with Crippen molar-refractivity contribution in [2.75, 3.05) is 13.1 Å². The van der Waals surface area contributed by atoms with Gasteiger partial charge in [-0.25, -0.2) is 0 Å². The standard InChI is InChI=1S/C16H23NO2/c1-11(2)13-5-7-14(8-6-13)15(18)17-9-16(19,10-17)12(3)4/h5-8,11-12,19H,9-10H2,1-4H3. The van der Waals surface area contributed by atoms with E-state index in [0.29, 0.717) is 24.6 Å². The van der Waals surface area contributed by atoms with Crippen LogP contribution in [0.1, 0.15) is 49.5 Å². The van der Waals surface area contributed by atoms with Crippen LogP contribution in [-0.4, -0.2) is 34.6 Å². The Morgan fingerprint density at radius 2 is 1.68 bits per heavy atom. The van der Waals surface area contributed by atoms with Crippen molar-refractivity contribution >= 4 is 5.91 Å². The van der Waals surface area contributed by atoms with Crippen LogP contribution in [-0.2, 0) is 0 Å². The molecule has 1 saturated heterocycles. The number of benzene rings is 1. The molecule has 0 unspecified atom stereocenters. The molecular weight excluding hydrogens is 238 g/mol. The second kappa shape index (κ2) is 4.97. The van der Waals surface area contributed by atoms with Crippen molar-refractivity contribution in [2.24, 2.45) is 5.92 Å². The second-order valence-corrected chi connectivity index (χ2v) is 6.20. The minimum Gasteiger partial charge on any atom is -0.386 e. The van der Waals surface area contributed by atoms with E-state index in [1.54, 1.807) is 4.90 Å². The average Bonchev–Trinajstić information content (AvgIpc) is 2.34. The van der Waals surface area contributed by atoms with Crippen molar-refractivity contribution in [1.82, 2.24) is 4.90 Å². The Balaban J connectivity index is 2.02. The van der Waals surface area contributed by atoms with Crippen LogP contribution in [0.5, 0.6) is 0 Å². The summed E-state index contributed by atoms with van der Waals surface area (Å²) in [7, 11) is 0. The van der Waals surface area contributed by atoms with Crippen LogP contribution < -0.4 is 0 Å². The second-order valence-electron chi connectivity index (χ2n) is 6.20. The molecule has 1 heterocycles. The van der Waals surface area contributed by atoms with Gasteiger partial charge in [0.15, 0.2) is 0 Å². The summed E-state index contributed by atoms with van der Waals surface area (Å²) in [6.07, 6.45) is 0. The van der Waals surface area contributed by atoms with E-state index >= 15 is 0 Å². The molecule has 0 saturated carbocycles. The Morgan fingerprint density at radius 1 is 1.16 bits per heavy atom. The zero-order valence-corrected chi connectivity index (χ0v) is 12.2. The molecule has 1 fully saturated rings. The van der Waals surface area contributed by atoms with E-state index < -0.39 is 5.60 Å². The predicted octanol–water partition coefficient (Wildman–Crippen LogP) is 2.65. The summed E-state index contributed by atoms with van der Waals surface area (Å²) >= 11 is 0. The van der Waals surface area contributed by atoms with Crippen molar-refractivity contribution < 1.29 is 9.90 Å². The van der Waals surface area contributed by atoms with Gasteiger partial charge in [-0.3, -0.25) is 4.79 Å². The van der Waals surface area contributed by atoms with E-state index in [1.165, 1.54) is 5.56 Å². The third-order valence-electron chi connectivity index (χ3n) is 4.12. The molecular formula is C16H23NO2. The van der Waals surface area contributed by atoms with Crippen LogP contribution in [0.2, 0.25) is 0 Å². The highest BCUT2D eigenvalue weighted by Crippen LogP contribution is 2.29. The number of hydrogen-bond acceptors (Lipinski definition) is 2. The topological polar surface area (TPSA) is 40.5 Å². The Kier molecular flexibility index (Phi) is 3.68. The summed E-state index contributed by atoms with van der Waals surface area (Å²) in [4.78, 5) is 13.9. The Bertz CT molecular complexity index is 456. The molecule has 3 nitrogen and oxygen atoms in total. The summed E-state index contributed by atoms with van der Waals surface area (Å²) < 4.78 is 0. The quantitative estimate of drug-likeness (QED) is 0.908. The molecule has 1 aliphatic rings. The van der Waals surface area contributed by atoms with Crippen molar-refractivity contribution in [3.05, 3.63) is 35.4 Å². The maximum absolute atomic E-state index is 12.2. The number of hydrogen-bond donors (Lipinski definition) is 1. The lowest BCUT2D eigenvalue weighted by Gasteiger charge is -2.49. The van der Waals surface area contributed by atoms with Crippen LogP contribution in [0, 0.1) is 5.92 Å². The zero-order valence-electron chi connectivity index (χ0n) is 12.2. The number of rotatable bonds is 3. The van der Waals surface area contributed by atoms with Gasteiger partial charge in [-0.05, 0) is 29.5 Å². The van der Waals surface area contributed by atoms with Crippen LogP contribution in [0.3, 0.4) is 0 Å². The molecule has 2 rings (SSSR count). The fourth-order valence-corrected chi connectivity index (χ4v) is 2.32. The normalized spacial score (nSPS) is 17.7. The molecule has 0 aromatic heterocycles. The number of aliphatic hydroxyl groups is 1. The highest BCUT2D eigenvalue weighted by atomic mass is 16.3.